The Morgan fingerprint density at radius 1 is 1.48 bits per heavy atom. The van der Waals surface area contributed by atoms with Gasteiger partial charge in [-0.1, -0.05) is 11.6 Å². The van der Waals surface area contributed by atoms with Crippen LogP contribution in [-0.2, 0) is 9.59 Å². The molecular weight excluding hydrogens is 318 g/mol. The normalized spacial score (nSPS) is 14.3. The second kappa shape index (κ2) is 6.37. The molecule has 0 saturated carbocycles. The third-order valence-electron chi connectivity index (χ3n) is 3.79. The summed E-state index contributed by atoms with van der Waals surface area (Å²) in [6.07, 6.45) is 6.30. The van der Waals surface area contributed by atoms with Gasteiger partial charge < -0.3 is 9.80 Å². The van der Waals surface area contributed by atoms with Crippen LogP contribution in [0, 0.1) is 0 Å². The molecule has 2 amide bonds. The minimum Gasteiger partial charge on any atom is -0.333 e. The van der Waals surface area contributed by atoms with E-state index in [1.165, 1.54) is 4.90 Å². The van der Waals surface area contributed by atoms with Crippen molar-refractivity contribution >= 4 is 29.1 Å². The molecule has 0 atom stereocenters. The molecule has 120 valence electrons. The van der Waals surface area contributed by atoms with E-state index >= 15 is 0 Å². The van der Waals surface area contributed by atoms with Crippen LogP contribution in [0.2, 0.25) is 5.15 Å². The monoisotopic (exact) mass is 333 g/mol. The van der Waals surface area contributed by atoms with E-state index in [-0.39, 0.29) is 23.5 Å². The maximum Gasteiger partial charge on any atom is 0.246 e. The number of aromatic nitrogens is 3. The molecule has 0 aliphatic carbocycles. The molecule has 0 unspecified atom stereocenters. The third-order valence-corrected chi connectivity index (χ3v) is 4.06. The molecule has 1 saturated heterocycles. The van der Waals surface area contributed by atoms with E-state index < -0.39 is 0 Å². The molecule has 3 heterocycles. The predicted molar refractivity (Wildman–Crippen MR) is 85.6 cm³/mol. The predicted octanol–water partition coefficient (Wildman–Crippen LogP) is 1.51. The number of carbonyl (C=O) groups excluding carboxylic acids is 2. The third kappa shape index (κ3) is 3.19. The molecule has 0 N–H and O–H groups in total. The molecule has 3 rings (SSSR count). The molecule has 0 bridgehead atoms. The Labute approximate surface area is 138 Å². The van der Waals surface area contributed by atoms with Crippen LogP contribution in [0.1, 0.15) is 12.8 Å². The maximum absolute atomic E-state index is 12.4. The van der Waals surface area contributed by atoms with Gasteiger partial charge in [-0.3, -0.25) is 14.6 Å². The quantitative estimate of drug-likeness (QED) is 0.850. The first-order valence-electron chi connectivity index (χ1n) is 7.26. The van der Waals surface area contributed by atoms with E-state index in [0.29, 0.717) is 18.7 Å². The van der Waals surface area contributed by atoms with E-state index in [9.17, 15) is 9.59 Å². The van der Waals surface area contributed by atoms with Crippen LogP contribution < -0.4 is 4.90 Å². The van der Waals surface area contributed by atoms with Crippen molar-refractivity contribution in [2.75, 3.05) is 25.0 Å². The van der Waals surface area contributed by atoms with Crippen molar-refractivity contribution in [1.29, 1.82) is 0 Å². The number of likely N-dealkylation sites (N-methyl/N-ethyl adjacent to an activating group) is 1. The zero-order valence-corrected chi connectivity index (χ0v) is 13.4. The minimum atomic E-state index is -0.201. The second-order valence-corrected chi connectivity index (χ2v) is 5.69. The van der Waals surface area contributed by atoms with E-state index in [1.54, 1.807) is 41.3 Å². The fourth-order valence-corrected chi connectivity index (χ4v) is 2.72. The standard InChI is InChI=1S/C15H16ClN5O2/c1-19(14(23)10-20-7-3-5-13(20)22)12-9-21(18-15(12)16)11-4-2-6-17-8-11/h2,4,6,8-9H,3,5,7,10H2,1H3. The Morgan fingerprint density at radius 3 is 2.96 bits per heavy atom. The Hall–Kier alpha value is -2.41. The van der Waals surface area contributed by atoms with Crippen LogP contribution in [-0.4, -0.2) is 51.6 Å². The number of anilines is 1. The summed E-state index contributed by atoms with van der Waals surface area (Å²) in [5.41, 5.74) is 1.24. The zero-order valence-electron chi connectivity index (χ0n) is 12.6. The van der Waals surface area contributed by atoms with Crippen LogP contribution in [0.4, 0.5) is 5.69 Å². The van der Waals surface area contributed by atoms with E-state index in [2.05, 4.69) is 10.1 Å². The lowest BCUT2D eigenvalue weighted by molar-refractivity contribution is -0.132. The molecule has 1 aliphatic rings. The highest BCUT2D eigenvalue weighted by atomic mass is 35.5. The first-order chi connectivity index (χ1) is 11.1. The van der Waals surface area contributed by atoms with Gasteiger partial charge in [-0.05, 0) is 18.6 Å². The van der Waals surface area contributed by atoms with E-state index in [1.807, 2.05) is 6.07 Å². The molecule has 0 radical (unpaired) electrons. The molecule has 8 heteroatoms. The van der Waals surface area contributed by atoms with Gasteiger partial charge in [0.05, 0.1) is 18.1 Å². The molecule has 0 aromatic carbocycles. The summed E-state index contributed by atoms with van der Waals surface area (Å²) in [5, 5.41) is 4.42. The molecule has 1 fully saturated rings. The Morgan fingerprint density at radius 2 is 2.30 bits per heavy atom. The highest BCUT2D eigenvalue weighted by molar-refractivity contribution is 6.32. The summed E-state index contributed by atoms with van der Waals surface area (Å²) in [6.45, 7) is 0.685. The van der Waals surface area contributed by atoms with Gasteiger partial charge in [0, 0.05) is 26.2 Å². The lowest BCUT2D eigenvalue weighted by Gasteiger charge is -2.20. The van der Waals surface area contributed by atoms with Gasteiger partial charge in [-0.2, -0.15) is 5.10 Å². The van der Waals surface area contributed by atoms with Gasteiger partial charge in [-0.25, -0.2) is 4.68 Å². The van der Waals surface area contributed by atoms with Crippen LogP contribution in [0.3, 0.4) is 0 Å². The lowest BCUT2D eigenvalue weighted by atomic mass is 10.4. The Kier molecular flexibility index (Phi) is 4.29. The van der Waals surface area contributed by atoms with Gasteiger partial charge >= 0.3 is 0 Å². The smallest absolute Gasteiger partial charge is 0.246 e. The van der Waals surface area contributed by atoms with Crippen molar-refractivity contribution in [2.45, 2.75) is 12.8 Å². The fraction of sp³-hybridized carbons (Fsp3) is 0.333. The summed E-state index contributed by atoms with van der Waals surface area (Å²) >= 11 is 6.15. The number of nitrogens with zero attached hydrogens (tertiary/aromatic N) is 5. The second-order valence-electron chi connectivity index (χ2n) is 5.33. The SMILES string of the molecule is CN(C(=O)CN1CCCC1=O)c1cn(-c2cccnc2)nc1Cl. The number of likely N-dealkylation sites (tertiary alicyclic amines) is 1. The largest absolute Gasteiger partial charge is 0.333 e. The van der Waals surface area contributed by atoms with Crippen LogP contribution >= 0.6 is 11.6 Å². The lowest BCUT2D eigenvalue weighted by Crippen LogP contribution is -2.39. The number of pyridine rings is 1. The summed E-state index contributed by atoms with van der Waals surface area (Å²) < 4.78 is 1.56. The van der Waals surface area contributed by atoms with E-state index in [4.69, 9.17) is 11.6 Å². The van der Waals surface area contributed by atoms with Crippen molar-refractivity contribution in [1.82, 2.24) is 19.7 Å². The molecular formula is C15H16ClN5O2. The van der Waals surface area contributed by atoms with Gasteiger partial charge in [0.2, 0.25) is 11.8 Å². The fourth-order valence-electron chi connectivity index (χ4n) is 2.47. The van der Waals surface area contributed by atoms with Crippen LogP contribution in [0.25, 0.3) is 5.69 Å². The number of halogens is 1. The minimum absolute atomic E-state index is 0.0175. The van der Waals surface area contributed by atoms with Gasteiger partial charge in [-0.15, -0.1) is 0 Å². The first-order valence-corrected chi connectivity index (χ1v) is 7.64. The summed E-state index contributed by atoms with van der Waals surface area (Å²) in [4.78, 5) is 31.0. The number of amides is 2. The van der Waals surface area contributed by atoms with Crippen molar-refractivity contribution in [3.8, 4) is 5.69 Å². The van der Waals surface area contributed by atoms with Gasteiger partial charge in [0.1, 0.15) is 12.2 Å². The Balaban J connectivity index is 1.77. The van der Waals surface area contributed by atoms with Gasteiger partial charge in [0.15, 0.2) is 5.15 Å². The molecule has 0 spiro atoms. The van der Waals surface area contributed by atoms with Crippen molar-refractivity contribution in [3.63, 3.8) is 0 Å². The zero-order chi connectivity index (χ0) is 16.4. The van der Waals surface area contributed by atoms with Crippen LogP contribution in [0.5, 0.6) is 0 Å². The molecule has 1 aliphatic heterocycles. The van der Waals surface area contributed by atoms with Crippen molar-refractivity contribution in [2.24, 2.45) is 0 Å². The molecule has 2 aromatic rings. The van der Waals surface area contributed by atoms with Crippen molar-refractivity contribution in [3.05, 3.63) is 35.9 Å². The maximum atomic E-state index is 12.4. The molecule has 23 heavy (non-hydrogen) atoms. The first kappa shape index (κ1) is 15.5. The number of hydrogen-bond acceptors (Lipinski definition) is 4. The average molecular weight is 334 g/mol. The average Bonchev–Trinajstić information content (AvgIpc) is 3.14. The number of hydrogen-bond donors (Lipinski definition) is 0. The summed E-state index contributed by atoms with van der Waals surface area (Å²) in [5.74, 6) is -0.184. The molecule has 7 nitrogen and oxygen atoms in total. The molecule has 2 aromatic heterocycles. The highest BCUT2D eigenvalue weighted by Gasteiger charge is 2.25. The van der Waals surface area contributed by atoms with E-state index in [0.717, 1.165) is 12.1 Å². The number of rotatable bonds is 4. The van der Waals surface area contributed by atoms with Crippen molar-refractivity contribution < 1.29 is 9.59 Å². The van der Waals surface area contributed by atoms with Crippen LogP contribution in [0.15, 0.2) is 30.7 Å². The topological polar surface area (TPSA) is 71.3 Å². The van der Waals surface area contributed by atoms with Gasteiger partial charge in [0.25, 0.3) is 0 Å². The summed E-state index contributed by atoms with van der Waals surface area (Å²) in [7, 11) is 1.62. The Bertz CT molecular complexity index is 731. The number of carbonyl (C=O) groups is 2. The highest BCUT2D eigenvalue weighted by Crippen LogP contribution is 2.25. The summed E-state index contributed by atoms with van der Waals surface area (Å²) in [6, 6.07) is 3.63.